The summed E-state index contributed by atoms with van der Waals surface area (Å²) >= 11 is 6.08. The van der Waals surface area contributed by atoms with Crippen LogP contribution in [0.5, 0.6) is 5.75 Å². The van der Waals surface area contributed by atoms with Crippen LogP contribution in [-0.4, -0.2) is 11.1 Å². The predicted octanol–water partition coefficient (Wildman–Crippen LogP) is 5.10. The van der Waals surface area contributed by atoms with E-state index in [-0.39, 0.29) is 17.1 Å². The van der Waals surface area contributed by atoms with E-state index in [4.69, 9.17) is 20.8 Å². The summed E-state index contributed by atoms with van der Waals surface area (Å²) in [5.74, 6) is 1.17. The van der Waals surface area contributed by atoms with Crippen LogP contribution in [0.1, 0.15) is 50.3 Å². The number of nitrogens with one attached hydrogen (secondary N) is 1. The zero-order chi connectivity index (χ0) is 18.4. The van der Waals surface area contributed by atoms with Gasteiger partial charge in [-0.2, -0.15) is 0 Å². The first-order valence-corrected chi connectivity index (χ1v) is 8.63. The molecule has 0 bridgehead atoms. The molecule has 0 fully saturated rings. The molecule has 0 amide bonds. The van der Waals surface area contributed by atoms with Crippen molar-refractivity contribution >= 4 is 23.8 Å². The Balaban J connectivity index is 1.97. The van der Waals surface area contributed by atoms with Crippen LogP contribution in [-0.2, 0) is 5.41 Å². The molecule has 0 spiro atoms. The van der Waals surface area contributed by atoms with Gasteiger partial charge in [-0.3, -0.25) is 0 Å². The van der Waals surface area contributed by atoms with Gasteiger partial charge in [-0.05, 0) is 44.6 Å². The van der Waals surface area contributed by atoms with Crippen molar-refractivity contribution in [3.05, 3.63) is 61.9 Å². The van der Waals surface area contributed by atoms with Gasteiger partial charge in [0.15, 0.2) is 0 Å². The van der Waals surface area contributed by atoms with E-state index in [1.807, 2.05) is 46.8 Å². The summed E-state index contributed by atoms with van der Waals surface area (Å²) in [6, 6.07) is 1.80. The van der Waals surface area contributed by atoms with Gasteiger partial charge in [0.1, 0.15) is 17.6 Å². The molecule has 0 radical (unpaired) electrons. The minimum atomic E-state index is -0.358. The van der Waals surface area contributed by atoms with Crippen LogP contribution >= 0.6 is 11.6 Å². The lowest BCUT2D eigenvalue weighted by molar-refractivity contribution is 0.184. The maximum absolute atomic E-state index is 12.5. The summed E-state index contributed by atoms with van der Waals surface area (Å²) in [7, 11) is 0. The van der Waals surface area contributed by atoms with Gasteiger partial charge in [0.25, 0.3) is 0 Å². The number of H-pyrrole nitrogens is 1. The highest BCUT2D eigenvalue weighted by atomic mass is 35.5. The number of halogens is 1. The quantitative estimate of drug-likeness (QED) is 0.775. The molecule has 0 aliphatic carbocycles. The third kappa shape index (κ3) is 3.07. The highest BCUT2D eigenvalue weighted by Crippen LogP contribution is 2.43. The molecule has 1 atom stereocenters. The van der Waals surface area contributed by atoms with E-state index in [0.717, 1.165) is 16.8 Å². The van der Waals surface area contributed by atoms with Crippen molar-refractivity contribution in [2.75, 3.05) is 0 Å². The normalized spacial score (nSPS) is 19.3. The Morgan fingerprint density at radius 3 is 2.76 bits per heavy atom. The lowest BCUT2D eigenvalue weighted by atomic mass is 9.82. The zero-order valence-electron chi connectivity index (χ0n) is 15.1. The van der Waals surface area contributed by atoms with Crippen LogP contribution in [0.4, 0.5) is 0 Å². The van der Waals surface area contributed by atoms with E-state index >= 15 is 0 Å². The summed E-state index contributed by atoms with van der Waals surface area (Å²) in [4.78, 5) is 15.5. The van der Waals surface area contributed by atoms with E-state index < -0.39 is 0 Å². The number of hydrogen-bond acceptors (Lipinski definition) is 3. The van der Waals surface area contributed by atoms with Gasteiger partial charge in [0.05, 0.1) is 16.3 Å². The monoisotopic (exact) mass is 359 g/mol. The number of aromatic amines is 1. The Labute approximate surface area is 152 Å². The number of allylic oxidation sites excluding steroid dienone is 2. The van der Waals surface area contributed by atoms with Crippen LogP contribution in [0.3, 0.4) is 0 Å². The molecule has 0 saturated carbocycles. The van der Waals surface area contributed by atoms with Crippen LogP contribution in [0.15, 0.2) is 33.1 Å². The topological polar surface area (TPSA) is 55.2 Å². The van der Waals surface area contributed by atoms with Crippen LogP contribution in [0, 0.1) is 6.92 Å². The average molecular weight is 360 g/mol. The number of rotatable bonds is 3. The van der Waals surface area contributed by atoms with Gasteiger partial charge in [0.2, 0.25) is 0 Å². The first-order valence-electron chi connectivity index (χ1n) is 8.26. The number of aromatic nitrogens is 1. The molecule has 4 nitrogen and oxygen atoms in total. The fourth-order valence-electron chi connectivity index (χ4n) is 2.97. The molecule has 25 heavy (non-hydrogen) atoms. The molecule has 1 N–H and O–H groups in total. The molecule has 3 rings (SSSR count). The highest BCUT2D eigenvalue weighted by Gasteiger charge is 2.43. The summed E-state index contributed by atoms with van der Waals surface area (Å²) in [5, 5.41) is 0.664. The van der Waals surface area contributed by atoms with Crippen molar-refractivity contribution in [3.8, 4) is 5.75 Å². The fourth-order valence-corrected chi connectivity index (χ4v) is 3.14. The van der Waals surface area contributed by atoms with Gasteiger partial charge in [-0.1, -0.05) is 31.5 Å². The summed E-state index contributed by atoms with van der Waals surface area (Å²) in [5.41, 5.74) is 2.59. The Morgan fingerprint density at radius 1 is 1.40 bits per heavy atom. The Kier molecular flexibility index (Phi) is 4.41. The van der Waals surface area contributed by atoms with E-state index in [1.54, 1.807) is 18.3 Å². The molecule has 0 saturated heterocycles. The van der Waals surface area contributed by atoms with E-state index in [9.17, 15) is 4.79 Å². The maximum atomic E-state index is 12.5. The third-order valence-electron chi connectivity index (χ3n) is 4.89. The molecular weight excluding hydrogens is 338 g/mol. The highest BCUT2D eigenvalue weighted by molar-refractivity contribution is 6.31. The minimum absolute atomic E-state index is 0.0695. The second-order valence-electron chi connectivity index (χ2n) is 7.03. The molecule has 5 heteroatoms. The van der Waals surface area contributed by atoms with Gasteiger partial charge < -0.3 is 14.1 Å². The smallest absolute Gasteiger partial charge is 0.343 e. The number of ether oxygens (including phenoxy) is 1. The summed E-state index contributed by atoms with van der Waals surface area (Å²) < 4.78 is 11.5. The van der Waals surface area contributed by atoms with Crippen LogP contribution in [0.2, 0.25) is 5.02 Å². The minimum Gasteiger partial charge on any atom is -0.489 e. The molecule has 2 aromatic heterocycles. The largest absolute Gasteiger partial charge is 0.489 e. The lowest BCUT2D eigenvalue weighted by Crippen LogP contribution is -2.32. The Bertz CT molecular complexity index is 931. The molecule has 2 aromatic rings. The van der Waals surface area contributed by atoms with Gasteiger partial charge >= 0.3 is 5.63 Å². The standard InChI is InChI=1S/C20H22ClNO3/c1-11(10-15-14(21)8-9-22-15)6-7-16-12(2)18-17(19(23)25-16)20(4,5)13(3)24-18/h6-10,13,22H,1-5H3/b7-6+,11-10+/t13-/m0/s1. The molecule has 0 aromatic carbocycles. The van der Waals surface area contributed by atoms with Crippen molar-refractivity contribution in [1.82, 2.24) is 4.98 Å². The fraction of sp³-hybridized carbons (Fsp3) is 0.350. The number of hydrogen-bond donors (Lipinski definition) is 1. The van der Waals surface area contributed by atoms with Gasteiger partial charge in [-0.15, -0.1) is 0 Å². The summed E-state index contributed by atoms with van der Waals surface area (Å²) in [6.07, 6.45) is 7.33. The first-order chi connectivity index (χ1) is 11.7. The van der Waals surface area contributed by atoms with E-state index in [0.29, 0.717) is 22.1 Å². The molecule has 3 heterocycles. The first kappa shape index (κ1) is 17.6. The molecule has 0 unspecified atom stereocenters. The maximum Gasteiger partial charge on any atom is 0.343 e. The SMILES string of the molecule is CC(/C=C/c1oc(=O)c2c(c1C)O[C@@H](C)C2(C)C)=C\c1[nH]ccc1Cl. The van der Waals surface area contributed by atoms with Crippen molar-refractivity contribution in [2.45, 2.75) is 46.1 Å². The van der Waals surface area contributed by atoms with Crippen LogP contribution < -0.4 is 10.4 Å². The third-order valence-corrected chi connectivity index (χ3v) is 5.22. The van der Waals surface area contributed by atoms with Crippen molar-refractivity contribution in [3.63, 3.8) is 0 Å². The average Bonchev–Trinajstić information content (AvgIpc) is 3.03. The van der Waals surface area contributed by atoms with Gasteiger partial charge in [0, 0.05) is 17.2 Å². The van der Waals surface area contributed by atoms with Crippen molar-refractivity contribution in [1.29, 1.82) is 0 Å². The zero-order valence-corrected chi connectivity index (χ0v) is 15.8. The lowest BCUT2D eigenvalue weighted by Gasteiger charge is -2.20. The molecule has 132 valence electrons. The number of fused-ring (bicyclic) bond motifs is 1. The van der Waals surface area contributed by atoms with Gasteiger partial charge in [-0.25, -0.2) is 4.79 Å². The Morgan fingerprint density at radius 2 is 2.12 bits per heavy atom. The molecule has 1 aliphatic heterocycles. The van der Waals surface area contributed by atoms with Crippen LogP contribution in [0.25, 0.3) is 12.2 Å². The van der Waals surface area contributed by atoms with Crippen molar-refractivity contribution in [2.24, 2.45) is 0 Å². The summed E-state index contributed by atoms with van der Waals surface area (Å²) in [6.45, 7) is 9.85. The second-order valence-corrected chi connectivity index (χ2v) is 7.43. The van der Waals surface area contributed by atoms with E-state index in [2.05, 4.69) is 4.98 Å². The second kappa shape index (κ2) is 6.26. The Hall–Kier alpha value is -2.20. The molecular formula is C20H22ClNO3. The predicted molar refractivity (Wildman–Crippen MR) is 101 cm³/mol. The van der Waals surface area contributed by atoms with E-state index in [1.165, 1.54) is 0 Å². The van der Waals surface area contributed by atoms with Crippen molar-refractivity contribution < 1.29 is 9.15 Å². The molecule has 1 aliphatic rings.